The quantitative estimate of drug-likeness (QED) is 0.316. The number of aromatic hydroxyl groups is 1. The lowest BCUT2D eigenvalue weighted by molar-refractivity contribution is -0.167. The van der Waals surface area contributed by atoms with Gasteiger partial charge in [0, 0.05) is 22.6 Å². The van der Waals surface area contributed by atoms with Crippen LogP contribution in [0, 0.1) is 17.8 Å². The molecule has 3 aliphatic rings. The molecule has 0 aromatic heterocycles. The molecule has 182 valence electrons. The highest BCUT2D eigenvalue weighted by atomic mass is 16.3. The summed E-state index contributed by atoms with van der Waals surface area (Å²) in [6.07, 6.45) is -1.45. The molecule has 0 heterocycles. The van der Waals surface area contributed by atoms with Crippen LogP contribution in [0.5, 0.6) is 5.75 Å². The summed E-state index contributed by atoms with van der Waals surface area (Å²) >= 11 is 0. The fourth-order valence-electron chi connectivity index (χ4n) is 5.88. The Kier molecular flexibility index (Phi) is 5.30. The van der Waals surface area contributed by atoms with Crippen LogP contribution < -0.4 is 5.73 Å². The Morgan fingerprint density at radius 3 is 2.29 bits per heavy atom. The zero-order valence-corrected chi connectivity index (χ0v) is 19.5. The molecule has 1 saturated carbocycles. The number of nitrogens with two attached hydrogens (primary N) is 1. The summed E-state index contributed by atoms with van der Waals surface area (Å²) in [5, 5.41) is 43.8. The summed E-state index contributed by atoms with van der Waals surface area (Å²) in [5.74, 6) is -7.89. The van der Waals surface area contributed by atoms with Crippen molar-refractivity contribution in [3.63, 3.8) is 0 Å². The first-order valence-electron chi connectivity index (χ1n) is 11.2. The molecule has 0 bridgehead atoms. The zero-order valence-electron chi connectivity index (χ0n) is 19.5. The van der Waals surface area contributed by atoms with Crippen LogP contribution in [0.2, 0.25) is 0 Å². The van der Waals surface area contributed by atoms with Crippen molar-refractivity contribution in [3.8, 4) is 5.75 Å². The number of carbonyl (C=O) groups excluding carboxylic acids is 4. The van der Waals surface area contributed by atoms with E-state index in [1.165, 1.54) is 6.92 Å². The molecule has 0 saturated heterocycles. The Hall–Kier alpha value is -3.04. The van der Waals surface area contributed by atoms with Gasteiger partial charge in [-0.05, 0) is 49.1 Å². The highest BCUT2D eigenvalue weighted by Crippen LogP contribution is 2.52. The topological polar surface area (TPSA) is 175 Å². The van der Waals surface area contributed by atoms with Crippen LogP contribution in [-0.2, 0) is 21.4 Å². The average Bonchev–Trinajstić information content (AvgIpc) is 2.69. The second kappa shape index (κ2) is 7.48. The molecule has 9 heteroatoms. The number of hydrogen-bond donors (Lipinski definition) is 5. The van der Waals surface area contributed by atoms with Gasteiger partial charge in [-0.3, -0.25) is 19.2 Å². The lowest BCUT2D eigenvalue weighted by Crippen LogP contribution is -2.63. The van der Waals surface area contributed by atoms with Crippen molar-refractivity contribution in [2.75, 3.05) is 0 Å². The van der Waals surface area contributed by atoms with Crippen LogP contribution in [0.25, 0.3) is 0 Å². The largest absolute Gasteiger partial charge is 0.508 e. The summed E-state index contributed by atoms with van der Waals surface area (Å²) in [6, 6.07) is 1.59. The number of primary amides is 1. The number of rotatable bonds is 2. The fraction of sp³-hybridized carbons (Fsp3) is 0.520. The van der Waals surface area contributed by atoms with E-state index in [0.29, 0.717) is 16.7 Å². The summed E-state index contributed by atoms with van der Waals surface area (Å²) in [4.78, 5) is 51.0. The van der Waals surface area contributed by atoms with Crippen molar-refractivity contribution in [2.24, 2.45) is 23.5 Å². The van der Waals surface area contributed by atoms with Gasteiger partial charge >= 0.3 is 0 Å². The molecular weight excluding hydrogens is 442 g/mol. The predicted octanol–water partition coefficient (Wildman–Crippen LogP) is 1.25. The normalized spacial score (nSPS) is 31.0. The number of carbonyl (C=O) groups is 4. The molecular formula is C25H29NO8. The number of benzene rings is 1. The Morgan fingerprint density at radius 2 is 1.76 bits per heavy atom. The van der Waals surface area contributed by atoms with Crippen molar-refractivity contribution < 1.29 is 39.6 Å². The van der Waals surface area contributed by atoms with Crippen molar-refractivity contribution in [1.29, 1.82) is 0 Å². The molecule has 9 nitrogen and oxygen atoms in total. The molecule has 4 rings (SSSR count). The minimum absolute atomic E-state index is 0.0501. The first kappa shape index (κ1) is 24.1. The molecule has 1 aromatic rings. The summed E-state index contributed by atoms with van der Waals surface area (Å²) in [5.41, 5.74) is 2.75. The van der Waals surface area contributed by atoms with Gasteiger partial charge in [0.05, 0.1) is 11.7 Å². The van der Waals surface area contributed by atoms with E-state index >= 15 is 0 Å². The van der Waals surface area contributed by atoms with Crippen LogP contribution in [-0.4, -0.2) is 55.4 Å². The maximum absolute atomic E-state index is 13.7. The standard InChI is InChI=1S/C25H29NO8/c1-9(27)12-8-14(24(2,3)4)19(29)17-13(12)6-10-5-11-7-15(28)18(23(26)33)22(32)25(11,34)21(31)16(10)20(17)30/h8,10-11,15,18,28-29,31,34H,5-7H2,1-4H3,(H2,26,33)/t10-,11+,15?,18?,25+/m1/s1. The first-order valence-corrected chi connectivity index (χ1v) is 11.2. The number of phenols is 1. The Labute approximate surface area is 196 Å². The molecule has 0 spiro atoms. The van der Waals surface area contributed by atoms with E-state index in [4.69, 9.17) is 5.73 Å². The summed E-state index contributed by atoms with van der Waals surface area (Å²) in [6.45, 7) is 6.81. The van der Waals surface area contributed by atoms with Crippen LogP contribution in [0.1, 0.15) is 72.4 Å². The number of fused-ring (bicyclic) bond motifs is 3. The van der Waals surface area contributed by atoms with Crippen molar-refractivity contribution in [2.45, 2.75) is 64.1 Å². The maximum atomic E-state index is 13.7. The highest BCUT2D eigenvalue weighted by Gasteiger charge is 2.62. The summed E-state index contributed by atoms with van der Waals surface area (Å²) < 4.78 is 0. The third-order valence-electron chi connectivity index (χ3n) is 7.58. The lowest BCUT2D eigenvalue weighted by Gasteiger charge is -2.48. The minimum atomic E-state index is -2.56. The van der Waals surface area contributed by atoms with Gasteiger partial charge in [-0.25, -0.2) is 0 Å². The Bertz CT molecular complexity index is 1190. The number of aliphatic hydroxyl groups is 3. The number of ketones is 3. The van der Waals surface area contributed by atoms with Gasteiger partial charge in [-0.2, -0.15) is 0 Å². The molecule has 5 atom stereocenters. The van der Waals surface area contributed by atoms with E-state index < -0.39 is 58.1 Å². The average molecular weight is 472 g/mol. The molecule has 1 aromatic carbocycles. The van der Waals surface area contributed by atoms with Gasteiger partial charge in [0.1, 0.15) is 17.4 Å². The van der Waals surface area contributed by atoms with Gasteiger partial charge in [0.2, 0.25) is 5.91 Å². The van der Waals surface area contributed by atoms with Gasteiger partial charge in [-0.1, -0.05) is 20.8 Å². The van der Waals surface area contributed by atoms with Gasteiger partial charge in [-0.15, -0.1) is 0 Å². The smallest absolute Gasteiger partial charge is 0.230 e. The van der Waals surface area contributed by atoms with Gasteiger partial charge in [0.15, 0.2) is 23.0 Å². The van der Waals surface area contributed by atoms with E-state index in [1.54, 1.807) is 6.07 Å². The lowest BCUT2D eigenvalue weighted by atomic mass is 9.57. The van der Waals surface area contributed by atoms with E-state index in [2.05, 4.69) is 0 Å². The SMILES string of the molecule is CC(=O)c1cc(C(C)(C)C)c(O)c2c1C[C@H]1C[C@H]3CC(O)C(C(N)=O)C(=O)[C@@]3(O)C(O)=C1C2=O. The second-order valence-corrected chi connectivity index (χ2v) is 10.7. The molecule has 6 N–H and O–H groups in total. The van der Waals surface area contributed by atoms with E-state index in [0.717, 1.165) is 0 Å². The molecule has 34 heavy (non-hydrogen) atoms. The molecule has 2 unspecified atom stereocenters. The minimum Gasteiger partial charge on any atom is -0.508 e. The third-order valence-corrected chi connectivity index (χ3v) is 7.58. The van der Waals surface area contributed by atoms with Crippen molar-refractivity contribution in [3.05, 3.63) is 39.7 Å². The van der Waals surface area contributed by atoms with Gasteiger partial charge in [0.25, 0.3) is 0 Å². The number of Topliss-reactive ketones (excluding diaryl/α,β-unsaturated/α-hetero) is 3. The molecule has 0 aliphatic heterocycles. The molecule has 1 amide bonds. The highest BCUT2D eigenvalue weighted by molar-refractivity contribution is 6.17. The Morgan fingerprint density at radius 1 is 1.15 bits per heavy atom. The zero-order chi connectivity index (χ0) is 25.5. The molecule has 3 aliphatic carbocycles. The molecule has 1 fully saturated rings. The van der Waals surface area contributed by atoms with E-state index in [9.17, 15) is 39.6 Å². The predicted molar refractivity (Wildman–Crippen MR) is 119 cm³/mol. The molecule has 0 radical (unpaired) electrons. The van der Waals surface area contributed by atoms with E-state index in [1.807, 2.05) is 20.8 Å². The Balaban J connectivity index is 1.96. The maximum Gasteiger partial charge on any atom is 0.230 e. The number of amides is 1. The van der Waals surface area contributed by atoms with Crippen molar-refractivity contribution >= 4 is 23.3 Å². The summed E-state index contributed by atoms with van der Waals surface area (Å²) in [7, 11) is 0. The van der Waals surface area contributed by atoms with Crippen LogP contribution in [0.15, 0.2) is 17.4 Å². The van der Waals surface area contributed by atoms with Crippen LogP contribution in [0.4, 0.5) is 0 Å². The third kappa shape index (κ3) is 3.14. The van der Waals surface area contributed by atoms with Crippen LogP contribution >= 0.6 is 0 Å². The van der Waals surface area contributed by atoms with Crippen LogP contribution in [0.3, 0.4) is 0 Å². The van der Waals surface area contributed by atoms with Crippen molar-refractivity contribution in [1.82, 2.24) is 0 Å². The first-order chi connectivity index (χ1) is 15.6. The number of hydrogen-bond acceptors (Lipinski definition) is 8. The monoisotopic (exact) mass is 471 g/mol. The number of aliphatic hydroxyl groups excluding tert-OH is 2. The fourth-order valence-corrected chi connectivity index (χ4v) is 5.88. The van der Waals surface area contributed by atoms with Gasteiger partial charge < -0.3 is 26.2 Å². The van der Waals surface area contributed by atoms with E-state index in [-0.39, 0.29) is 41.9 Å². The second-order valence-electron chi connectivity index (χ2n) is 10.7. The number of phenolic OH excluding ortho intramolecular Hbond substituents is 1. The number of allylic oxidation sites excluding steroid dienone is 1.